The summed E-state index contributed by atoms with van der Waals surface area (Å²) < 4.78 is 37.2. The van der Waals surface area contributed by atoms with Crippen LogP contribution >= 0.6 is 0 Å². The molecule has 1 unspecified atom stereocenters. The lowest BCUT2D eigenvalue weighted by Crippen LogP contribution is -2.32. The Kier molecular flexibility index (Phi) is 6.60. The van der Waals surface area contributed by atoms with Gasteiger partial charge >= 0.3 is 0 Å². The molecular formula is C24H30N2O5S. The molecule has 172 valence electrons. The first-order valence-electron chi connectivity index (χ1n) is 11.1. The van der Waals surface area contributed by atoms with E-state index < -0.39 is 10.0 Å². The van der Waals surface area contributed by atoms with Crippen LogP contribution in [-0.4, -0.2) is 40.3 Å². The van der Waals surface area contributed by atoms with Gasteiger partial charge in [0.25, 0.3) is 0 Å². The van der Waals surface area contributed by atoms with Gasteiger partial charge < -0.3 is 14.8 Å². The van der Waals surface area contributed by atoms with E-state index in [4.69, 9.17) is 9.47 Å². The third kappa shape index (κ3) is 5.18. The van der Waals surface area contributed by atoms with E-state index in [0.29, 0.717) is 36.8 Å². The summed E-state index contributed by atoms with van der Waals surface area (Å²) in [6.45, 7) is 3.09. The Balaban J connectivity index is 1.34. The number of hydrogen-bond donors (Lipinski definition) is 1. The number of ether oxygens (including phenoxy) is 2. The van der Waals surface area contributed by atoms with E-state index in [1.165, 1.54) is 28.1 Å². The minimum atomic E-state index is -3.51. The van der Waals surface area contributed by atoms with E-state index >= 15 is 0 Å². The van der Waals surface area contributed by atoms with E-state index in [-0.39, 0.29) is 24.9 Å². The van der Waals surface area contributed by atoms with Gasteiger partial charge in [0.15, 0.2) is 11.5 Å². The topological polar surface area (TPSA) is 84.9 Å². The molecule has 4 rings (SSSR count). The van der Waals surface area contributed by atoms with Crippen molar-refractivity contribution < 1.29 is 22.7 Å². The molecule has 1 aliphatic carbocycles. The van der Waals surface area contributed by atoms with Gasteiger partial charge in [0.1, 0.15) is 13.2 Å². The number of amides is 1. The summed E-state index contributed by atoms with van der Waals surface area (Å²) in [5.41, 5.74) is 4.40. The molecule has 1 amide bonds. The molecule has 0 saturated carbocycles. The molecule has 1 atom stereocenters. The highest BCUT2D eigenvalue weighted by Crippen LogP contribution is 2.34. The number of fused-ring (bicyclic) bond motifs is 2. The number of rotatable bonds is 8. The van der Waals surface area contributed by atoms with Crippen LogP contribution in [0.3, 0.4) is 0 Å². The minimum absolute atomic E-state index is 0.0859. The van der Waals surface area contributed by atoms with Crippen molar-refractivity contribution in [2.24, 2.45) is 0 Å². The maximum Gasteiger partial charge on any atom is 0.232 e. The monoisotopic (exact) mass is 458 g/mol. The Labute approximate surface area is 189 Å². The summed E-state index contributed by atoms with van der Waals surface area (Å²) in [7, 11) is -3.51. The zero-order chi connectivity index (χ0) is 22.7. The normalized spacial score (nSPS) is 15.7. The molecule has 1 aliphatic heterocycles. The molecule has 7 nitrogen and oxygen atoms in total. The molecule has 0 bridgehead atoms. The predicted molar refractivity (Wildman–Crippen MR) is 124 cm³/mol. The van der Waals surface area contributed by atoms with E-state index in [1.807, 2.05) is 6.92 Å². The standard InChI is InChI=1S/C24H30N2O5S/c1-17(19-9-8-18-5-3-6-20(18)15-19)25-24(27)7-4-12-26(32(2,28)29)21-10-11-22-23(16-21)31-14-13-30-22/h8-11,15-17H,3-7,12-14H2,1-2H3,(H,25,27). The van der Waals surface area contributed by atoms with Gasteiger partial charge in [0.05, 0.1) is 18.0 Å². The quantitative estimate of drug-likeness (QED) is 0.656. The van der Waals surface area contributed by atoms with Crippen LogP contribution < -0.4 is 19.1 Å². The van der Waals surface area contributed by atoms with E-state index in [9.17, 15) is 13.2 Å². The van der Waals surface area contributed by atoms with Gasteiger partial charge in [-0.05, 0) is 61.4 Å². The highest BCUT2D eigenvalue weighted by atomic mass is 32.2. The second-order valence-electron chi connectivity index (χ2n) is 8.44. The summed E-state index contributed by atoms with van der Waals surface area (Å²) in [5, 5.41) is 3.04. The number of benzene rings is 2. The largest absolute Gasteiger partial charge is 0.486 e. The van der Waals surface area contributed by atoms with Crippen LogP contribution in [0.5, 0.6) is 11.5 Å². The van der Waals surface area contributed by atoms with Crippen molar-refractivity contribution in [3.63, 3.8) is 0 Å². The van der Waals surface area contributed by atoms with Crippen LogP contribution in [0.25, 0.3) is 0 Å². The van der Waals surface area contributed by atoms with Crippen LogP contribution in [0.4, 0.5) is 5.69 Å². The number of carbonyl (C=O) groups excluding carboxylic acids is 1. The molecule has 2 aromatic carbocycles. The average Bonchev–Trinajstić information content (AvgIpc) is 3.23. The molecule has 32 heavy (non-hydrogen) atoms. The van der Waals surface area contributed by atoms with Gasteiger partial charge in [-0.2, -0.15) is 0 Å². The molecule has 2 aromatic rings. The van der Waals surface area contributed by atoms with Crippen molar-refractivity contribution >= 4 is 21.6 Å². The maximum atomic E-state index is 12.5. The molecule has 1 N–H and O–H groups in total. The van der Waals surface area contributed by atoms with Gasteiger partial charge in [0.2, 0.25) is 15.9 Å². The summed E-state index contributed by atoms with van der Waals surface area (Å²) in [6.07, 6.45) is 5.25. The lowest BCUT2D eigenvalue weighted by Gasteiger charge is -2.25. The van der Waals surface area contributed by atoms with Crippen LogP contribution in [0.2, 0.25) is 0 Å². The fourth-order valence-electron chi connectivity index (χ4n) is 4.31. The molecule has 0 spiro atoms. The van der Waals surface area contributed by atoms with Gasteiger partial charge in [0, 0.05) is 19.0 Å². The van der Waals surface area contributed by atoms with Crippen molar-refractivity contribution in [3.8, 4) is 11.5 Å². The van der Waals surface area contributed by atoms with Crippen molar-refractivity contribution in [3.05, 3.63) is 53.1 Å². The molecule has 1 heterocycles. The molecule has 2 aliphatic rings. The first kappa shape index (κ1) is 22.5. The third-order valence-corrected chi connectivity index (χ3v) is 7.17. The van der Waals surface area contributed by atoms with Crippen molar-refractivity contribution in [2.45, 2.75) is 45.1 Å². The Morgan fingerprint density at radius 1 is 1.06 bits per heavy atom. The fourth-order valence-corrected chi connectivity index (χ4v) is 5.27. The molecular weight excluding hydrogens is 428 g/mol. The Morgan fingerprint density at radius 2 is 1.81 bits per heavy atom. The maximum absolute atomic E-state index is 12.5. The van der Waals surface area contributed by atoms with Crippen molar-refractivity contribution in [2.75, 3.05) is 30.3 Å². The first-order valence-corrected chi connectivity index (χ1v) is 12.9. The molecule has 8 heteroatoms. The molecule has 0 saturated heterocycles. The number of nitrogens with zero attached hydrogens (tertiary/aromatic N) is 1. The molecule has 0 radical (unpaired) electrons. The fraction of sp³-hybridized carbons (Fsp3) is 0.458. The second kappa shape index (κ2) is 9.40. The van der Waals surface area contributed by atoms with E-state index in [2.05, 4.69) is 23.5 Å². The van der Waals surface area contributed by atoms with Gasteiger partial charge in [-0.3, -0.25) is 9.10 Å². The smallest absolute Gasteiger partial charge is 0.232 e. The first-order chi connectivity index (χ1) is 15.3. The summed E-state index contributed by atoms with van der Waals surface area (Å²) in [5.74, 6) is 1.05. The second-order valence-corrected chi connectivity index (χ2v) is 10.3. The minimum Gasteiger partial charge on any atom is -0.486 e. The number of sulfonamides is 1. The number of nitrogens with one attached hydrogen (secondary N) is 1. The molecule has 0 fully saturated rings. The Hall–Kier alpha value is -2.74. The predicted octanol–water partition coefficient (Wildman–Crippen LogP) is 3.37. The lowest BCUT2D eigenvalue weighted by molar-refractivity contribution is -0.121. The average molecular weight is 459 g/mol. The van der Waals surface area contributed by atoms with E-state index in [1.54, 1.807) is 18.2 Å². The van der Waals surface area contributed by atoms with Crippen LogP contribution in [0, 0.1) is 0 Å². The van der Waals surface area contributed by atoms with Crippen LogP contribution in [0.1, 0.15) is 48.9 Å². The van der Waals surface area contributed by atoms with Crippen LogP contribution in [-0.2, 0) is 27.7 Å². The van der Waals surface area contributed by atoms with Crippen molar-refractivity contribution in [1.29, 1.82) is 0 Å². The zero-order valence-corrected chi connectivity index (χ0v) is 19.4. The van der Waals surface area contributed by atoms with Gasteiger partial charge in [-0.15, -0.1) is 0 Å². The Morgan fingerprint density at radius 3 is 2.59 bits per heavy atom. The van der Waals surface area contributed by atoms with E-state index in [0.717, 1.165) is 18.4 Å². The number of carbonyl (C=O) groups is 1. The number of anilines is 1. The van der Waals surface area contributed by atoms with Crippen molar-refractivity contribution in [1.82, 2.24) is 5.32 Å². The summed E-state index contributed by atoms with van der Waals surface area (Å²) in [4.78, 5) is 12.5. The van der Waals surface area contributed by atoms with Crippen LogP contribution in [0.15, 0.2) is 36.4 Å². The van der Waals surface area contributed by atoms with Gasteiger partial charge in [-0.25, -0.2) is 8.42 Å². The zero-order valence-electron chi connectivity index (χ0n) is 18.6. The van der Waals surface area contributed by atoms with Gasteiger partial charge in [-0.1, -0.05) is 18.2 Å². The SMILES string of the molecule is CC(NC(=O)CCCN(c1ccc2c(c1)OCCO2)S(C)(=O)=O)c1ccc2c(c1)CCC2. The third-order valence-electron chi connectivity index (χ3n) is 5.98. The highest BCUT2D eigenvalue weighted by molar-refractivity contribution is 7.92. The lowest BCUT2D eigenvalue weighted by atomic mass is 10.0. The Bertz CT molecular complexity index is 1100. The number of aryl methyl sites for hydroxylation is 2. The summed E-state index contributed by atoms with van der Waals surface area (Å²) >= 11 is 0. The molecule has 0 aromatic heterocycles. The highest BCUT2D eigenvalue weighted by Gasteiger charge is 2.21. The summed E-state index contributed by atoms with van der Waals surface area (Å²) in [6, 6.07) is 11.4. The number of hydrogen-bond acceptors (Lipinski definition) is 5.